The van der Waals surface area contributed by atoms with E-state index in [0.717, 1.165) is 11.1 Å². The highest BCUT2D eigenvalue weighted by Gasteiger charge is 2.27. The maximum absolute atomic E-state index is 11.4. The van der Waals surface area contributed by atoms with Crippen LogP contribution >= 0.6 is 0 Å². The number of aliphatic carboxylic acids is 1. The summed E-state index contributed by atoms with van der Waals surface area (Å²) in [6.45, 7) is 5.82. The molecule has 0 amide bonds. The van der Waals surface area contributed by atoms with Gasteiger partial charge < -0.3 is 9.52 Å². The molecule has 1 atom stereocenters. The molecule has 1 unspecified atom stereocenters. The van der Waals surface area contributed by atoms with Crippen LogP contribution in [-0.4, -0.2) is 21.3 Å². The summed E-state index contributed by atoms with van der Waals surface area (Å²) in [5.41, 5.74) is 2.04. The molecular formula is C15H18N2O3. The van der Waals surface area contributed by atoms with E-state index in [0.29, 0.717) is 12.3 Å². The molecule has 2 aromatic rings. The van der Waals surface area contributed by atoms with Crippen molar-refractivity contribution in [2.75, 3.05) is 0 Å². The van der Waals surface area contributed by atoms with Gasteiger partial charge in [0, 0.05) is 5.92 Å². The molecule has 0 aliphatic heterocycles. The van der Waals surface area contributed by atoms with Crippen LogP contribution in [0.25, 0.3) is 0 Å². The predicted octanol–water partition coefficient (Wildman–Crippen LogP) is 2.91. The van der Waals surface area contributed by atoms with Crippen molar-refractivity contribution < 1.29 is 14.3 Å². The third-order valence-corrected chi connectivity index (χ3v) is 3.07. The van der Waals surface area contributed by atoms with Crippen LogP contribution in [0.2, 0.25) is 0 Å². The van der Waals surface area contributed by atoms with Gasteiger partial charge >= 0.3 is 5.97 Å². The van der Waals surface area contributed by atoms with Crippen molar-refractivity contribution in [3.8, 4) is 0 Å². The fourth-order valence-corrected chi connectivity index (χ4v) is 1.98. The van der Waals surface area contributed by atoms with E-state index in [1.807, 2.05) is 45.0 Å². The Labute approximate surface area is 117 Å². The molecule has 1 N–H and O–H groups in total. The van der Waals surface area contributed by atoms with Gasteiger partial charge in [0.05, 0.1) is 0 Å². The Morgan fingerprint density at radius 2 is 2.00 bits per heavy atom. The van der Waals surface area contributed by atoms with Crippen LogP contribution in [0.15, 0.2) is 28.7 Å². The molecule has 106 valence electrons. The van der Waals surface area contributed by atoms with Crippen LogP contribution in [0.1, 0.15) is 48.6 Å². The van der Waals surface area contributed by atoms with Gasteiger partial charge in [0.2, 0.25) is 11.8 Å². The first-order valence-electron chi connectivity index (χ1n) is 6.59. The van der Waals surface area contributed by atoms with Crippen molar-refractivity contribution in [2.45, 2.75) is 39.0 Å². The van der Waals surface area contributed by atoms with Crippen LogP contribution in [0.4, 0.5) is 0 Å². The molecule has 20 heavy (non-hydrogen) atoms. The first-order chi connectivity index (χ1) is 9.47. The Kier molecular flexibility index (Phi) is 4.17. The molecule has 0 bridgehead atoms. The zero-order chi connectivity index (χ0) is 14.7. The van der Waals surface area contributed by atoms with Gasteiger partial charge in [-0.3, -0.25) is 4.79 Å². The summed E-state index contributed by atoms with van der Waals surface area (Å²) in [5, 5.41) is 17.2. The normalized spacial score (nSPS) is 12.6. The summed E-state index contributed by atoms with van der Waals surface area (Å²) >= 11 is 0. The van der Waals surface area contributed by atoms with Crippen molar-refractivity contribution >= 4 is 5.97 Å². The zero-order valence-electron chi connectivity index (χ0n) is 11.8. The van der Waals surface area contributed by atoms with Crippen LogP contribution < -0.4 is 0 Å². The maximum Gasteiger partial charge on any atom is 0.316 e. The second-order valence-electron chi connectivity index (χ2n) is 5.22. The van der Waals surface area contributed by atoms with E-state index >= 15 is 0 Å². The summed E-state index contributed by atoms with van der Waals surface area (Å²) in [6.07, 6.45) is 0.344. The number of rotatable bonds is 5. The van der Waals surface area contributed by atoms with Gasteiger partial charge in [-0.05, 0) is 18.9 Å². The number of hydrogen-bond acceptors (Lipinski definition) is 4. The number of aryl methyl sites for hydroxylation is 1. The Morgan fingerprint density at radius 3 is 2.55 bits per heavy atom. The molecular weight excluding hydrogens is 256 g/mol. The van der Waals surface area contributed by atoms with E-state index in [1.54, 1.807) is 0 Å². The Hall–Kier alpha value is -2.17. The summed E-state index contributed by atoms with van der Waals surface area (Å²) in [7, 11) is 0. The minimum absolute atomic E-state index is 0.0877. The van der Waals surface area contributed by atoms with Crippen molar-refractivity contribution in [3.63, 3.8) is 0 Å². The number of carboxylic acids is 1. The second-order valence-corrected chi connectivity index (χ2v) is 5.22. The Balaban J connectivity index is 2.24. The van der Waals surface area contributed by atoms with Gasteiger partial charge in [-0.2, -0.15) is 0 Å². The van der Waals surface area contributed by atoms with E-state index < -0.39 is 11.9 Å². The number of aromatic nitrogens is 2. The number of carboxylic acid groups (broad SMARTS) is 1. The summed E-state index contributed by atoms with van der Waals surface area (Å²) < 4.78 is 5.47. The zero-order valence-corrected chi connectivity index (χ0v) is 11.8. The highest BCUT2D eigenvalue weighted by Crippen LogP contribution is 2.23. The van der Waals surface area contributed by atoms with Gasteiger partial charge in [-0.15, -0.1) is 10.2 Å². The molecule has 5 heteroatoms. The van der Waals surface area contributed by atoms with Gasteiger partial charge in [-0.1, -0.05) is 43.7 Å². The molecule has 0 aliphatic carbocycles. The van der Waals surface area contributed by atoms with Gasteiger partial charge in [-0.25, -0.2) is 0 Å². The number of carbonyl (C=O) groups is 1. The lowest BCUT2D eigenvalue weighted by atomic mass is 9.98. The number of hydrogen-bond donors (Lipinski definition) is 1. The quantitative estimate of drug-likeness (QED) is 0.907. The fourth-order valence-electron chi connectivity index (χ4n) is 1.98. The first kappa shape index (κ1) is 14.2. The van der Waals surface area contributed by atoms with Crippen molar-refractivity contribution in [1.29, 1.82) is 0 Å². The molecule has 1 aromatic heterocycles. The largest absolute Gasteiger partial charge is 0.481 e. The predicted molar refractivity (Wildman–Crippen MR) is 73.6 cm³/mol. The SMILES string of the molecule is Cc1cccc(CC(C(=O)O)c2nnc(C(C)C)o2)c1. The van der Waals surface area contributed by atoms with Crippen LogP contribution in [0.5, 0.6) is 0 Å². The van der Waals surface area contributed by atoms with E-state index in [4.69, 9.17) is 4.42 Å². The van der Waals surface area contributed by atoms with Crippen molar-refractivity contribution in [3.05, 3.63) is 47.2 Å². The summed E-state index contributed by atoms with van der Waals surface area (Å²) in [6, 6.07) is 7.76. The average molecular weight is 274 g/mol. The fraction of sp³-hybridized carbons (Fsp3) is 0.400. The minimum Gasteiger partial charge on any atom is -0.481 e. The topological polar surface area (TPSA) is 76.2 Å². The molecule has 0 radical (unpaired) electrons. The molecule has 0 aliphatic rings. The van der Waals surface area contributed by atoms with Gasteiger partial charge in [0.15, 0.2) is 0 Å². The highest BCUT2D eigenvalue weighted by atomic mass is 16.4. The van der Waals surface area contributed by atoms with Gasteiger partial charge in [0.25, 0.3) is 0 Å². The highest BCUT2D eigenvalue weighted by molar-refractivity contribution is 5.75. The van der Waals surface area contributed by atoms with Crippen LogP contribution in [0.3, 0.4) is 0 Å². The summed E-state index contributed by atoms with van der Waals surface area (Å²) in [4.78, 5) is 11.4. The Bertz CT molecular complexity index is 605. The smallest absolute Gasteiger partial charge is 0.316 e. The minimum atomic E-state index is -0.953. The van der Waals surface area contributed by atoms with Crippen LogP contribution in [-0.2, 0) is 11.2 Å². The van der Waals surface area contributed by atoms with E-state index in [2.05, 4.69) is 10.2 Å². The monoisotopic (exact) mass is 274 g/mol. The van der Waals surface area contributed by atoms with Gasteiger partial charge in [0.1, 0.15) is 5.92 Å². The number of nitrogens with zero attached hydrogens (tertiary/aromatic N) is 2. The molecule has 0 saturated carbocycles. The molecule has 1 aromatic carbocycles. The third kappa shape index (κ3) is 3.23. The molecule has 0 saturated heterocycles. The maximum atomic E-state index is 11.4. The first-order valence-corrected chi connectivity index (χ1v) is 6.59. The van der Waals surface area contributed by atoms with E-state index in [9.17, 15) is 9.90 Å². The molecule has 1 heterocycles. The lowest BCUT2D eigenvalue weighted by Crippen LogP contribution is -2.15. The molecule has 0 spiro atoms. The van der Waals surface area contributed by atoms with Crippen molar-refractivity contribution in [2.24, 2.45) is 0 Å². The molecule has 0 fully saturated rings. The third-order valence-electron chi connectivity index (χ3n) is 3.07. The second kappa shape index (κ2) is 5.86. The lowest BCUT2D eigenvalue weighted by molar-refractivity contribution is -0.139. The Morgan fingerprint density at radius 1 is 1.30 bits per heavy atom. The lowest BCUT2D eigenvalue weighted by Gasteiger charge is -2.08. The van der Waals surface area contributed by atoms with E-state index in [1.165, 1.54) is 0 Å². The molecule has 2 rings (SSSR count). The van der Waals surface area contributed by atoms with Crippen LogP contribution in [0, 0.1) is 6.92 Å². The summed E-state index contributed by atoms with van der Waals surface area (Å²) in [5.74, 6) is -1.04. The number of benzene rings is 1. The standard InChI is InChI=1S/C15H18N2O3/c1-9(2)13-16-17-14(20-13)12(15(18)19)8-11-6-4-5-10(3)7-11/h4-7,9,12H,8H2,1-3H3,(H,18,19). The molecule has 5 nitrogen and oxygen atoms in total. The van der Waals surface area contributed by atoms with Crippen molar-refractivity contribution in [1.82, 2.24) is 10.2 Å². The van der Waals surface area contributed by atoms with E-state index in [-0.39, 0.29) is 11.8 Å². The average Bonchev–Trinajstić information content (AvgIpc) is 2.85.